The molecule has 0 spiro atoms. The fourth-order valence-electron chi connectivity index (χ4n) is 0.975. The quantitative estimate of drug-likeness (QED) is 0.551. The Hall–Kier alpha value is 0.01000. The predicted molar refractivity (Wildman–Crippen MR) is 44.3 cm³/mol. The van der Waals surface area contributed by atoms with Crippen molar-refractivity contribution >= 4 is 28.9 Å². The molecule has 2 aliphatic rings. The van der Waals surface area contributed by atoms with Gasteiger partial charge < -0.3 is 9.57 Å². The van der Waals surface area contributed by atoms with Crippen LogP contribution < -0.4 is 0 Å². The SMILES string of the molecule is C1OCC2CON=C12.ClCCl. The molecule has 2 aliphatic heterocycles. The minimum absolute atomic E-state index is 0.194. The highest BCUT2D eigenvalue weighted by atomic mass is 35.5. The minimum Gasteiger partial charge on any atom is -0.395 e. The molecule has 2 rings (SSSR count). The first-order valence-electron chi connectivity index (χ1n) is 3.27. The molecule has 1 unspecified atom stereocenters. The highest BCUT2D eigenvalue weighted by Crippen LogP contribution is 2.16. The molecule has 0 amide bonds. The van der Waals surface area contributed by atoms with Crippen LogP contribution in [0.4, 0.5) is 0 Å². The lowest BCUT2D eigenvalue weighted by molar-refractivity contribution is 0.111. The molecule has 3 nitrogen and oxygen atoms in total. The summed E-state index contributed by atoms with van der Waals surface area (Å²) >= 11 is 9.53. The van der Waals surface area contributed by atoms with Crippen molar-refractivity contribution in [3.8, 4) is 0 Å². The largest absolute Gasteiger partial charge is 0.395 e. The summed E-state index contributed by atoms with van der Waals surface area (Å²) in [5.74, 6) is 0.481. The van der Waals surface area contributed by atoms with Gasteiger partial charge in [-0.2, -0.15) is 0 Å². The zero-order chi connectivity index (χ0) is 8.10. The second kappa shape index (κ2) is 4.80. The van der Waals surface area contributed by atoms with Gasteiger partial charge >= 0.3 is 0 Å². The van der Waals surface area contributed by atoms with Crippen LogP contribution in [0.3, 0.4) is 0 Å². The van der Waals surface area contributed by atoms with Crippen LogP contribution in [0.2, 0.25) is 0 Å². The number of ether oxygens (including phenoxy) is 1. The lowest BCUT2D eigenvalue weighted by Gasteiger charge is -1.92. The van der Waals surface area contributed by atoms with Gasteiger partial charge in [-0.1, -0.05) is 5.16 Å². The van der Waals surface area contributed by atoms with E-state index in [-0.39, 0.29) is 5.34 Å². The molecule has 0 bridgehead atoms. The normalized spacial score (nSPS) is 26.4. The van der Waals surface area contributed by atoms with E-state index >= 15 is 0 Å². The monoisotopic (exact) mass is 197 g/mol. The molecule has 1 fully saturated rings. The molecule has 0 aliphatic carbocycles. The summed E-state index contributed by atoms with van der Waals surface area (Å²) in [6.07, 6.45) is 0. The molecule has 0 aromatic rings. The maximum atomic E-state index is 5.10. The van der Waals surface area contributed by atoms with E-state index in [9.17, 15) is 0 Å². The smallest absolute Gasteiger partial charge is 0.127 e. The van der Waals surface area contributed by atoms with E-state index in [1.54, 1.807) is 0 Å². The third-order valence-electron chi connectivity index (χ3n) is 1.50. The van der Waals surface area contributed by atoms with E-state index in [1.807, 2.05) is 0 Å². The number of halogens is 2. The van der Waals surface area contributed by atoms with E-state index in [4.69, 9.17) is 32.8 Å². The predicted octanol–water partition coefficient (Wildman–Crippen LogP) is 1.44. The van der Waals surface area contributed by atoms with Gasteiger partial charge in [0.05, 0.1) is 30.2 Å². The molecule has 1 atom stereocenters. The topological polar surface area (TPSA) is 30.8 Å². The molecule has 64 valence electrons. The molecular formula is C6H9Cl2NO2. The number of hydrogen-bond donors (Lipinski definition) is 0. The van der Waals surface area contributed by atoms with Gasteiger partial charge in [0.25, 0.3) is 0 Å². The molecule has 1 saturated heterocycles. The average molecular weight is 198 g/mol. The first-order chi connectivity index (χ1) is 5.38. The molecule has 0 saturated carbocycles. The zero-order valence-electron chi connectivity index (χ0n) is 5.93. The van der Waals surface area contributed by atoms with Crippen molar-refractivity contribution in [2.24, 2.45) is 11.1 Å². The van der Waals surface area contributed by atoms with E-state index < -0.39 is 0 Å². The number of alkyl halides is 2. The van der Waals surface area contributed by atoms with Crippen molar-refractivity contribution < 1.29 is 9.57 Å². The molecule has 11 heavy (non-hydrogen) atoms. The molecule has 0 radical (unpaired) electrons. The number of rotatable bonds is 0. The lowest BCUT2D eigenvalue weighted by atomic mass is 10.1. The maximum absolute atomic E-state index is 5.10. The van der Waals surface area contributed by atoms with Gasteiger partial charge in [-0.25, -0.2) is 0 Å². The van der Waals surface area contributed by atoms with Gasteiger partial charge in [0.1, 0.15) is 6.61 Å². The van der Waals surface area contributed by atoms with E-state index in [0.717, 1.165) is 18.9 Å². The molecule has 0 aromatic carbocycles. The Morgan fingerprint density at radius 1 is 1.45 bits per heavy atom. The van der Waals surface area contributed by atoms with Gasteiger partial charge in [0.2, 0.25) is 0 Å². The number of oxime groups is 1. The fraction of sp³-hybridized carbons (Fsp3) is 0.833. The highest BCUT2D eigenvalue weighted by molar-refractivity contribution is 6.40. The minimum atomic E-state index is 0.194. The molecule has 2 heterocycles. The van der Waals surface area contributed by atoms with Crippen molar-refractivity contribution in [1.82, 2.24) is 0 Å². The highest BCUT2D eigenvalue weighted by Gasteiger charge is 2.28. The van der Waals surface area contributed by atoms with Crippen LogP contribution in [0.5, 0.6) is 0 Å². The second-order valence-corrected chi connectivity index (χ2v) is 3.00. The van der Waals surface area contributed by atoms with E-state index in [2.05, 4.69) is 5.16 Å². The maximum Gasteiger partial charge on any atom is 0.127 e. The molecular weight excluding hydrogens is 189 g/mol. The molecule has 0 aromatic heterocycles. The Bertz CT molecular complexity index is 152. The van der Waals surface area contributed by atoms with Gasteiger partial charge in [-0.15, -0.1) is 23.2 Å². The summed E-state index contributed by atoms with van der Waals surface area (Å²) in [4.78, 5) is 4.82. The summed E-state index contributed by atoms with van der Waals surface area (Å²) in [7, 11) is 0. The molecule has 0 N–H and O–H groups in total. The van der Waals surface area contributed by atoms with E-state index in [0.29, 0.717) is 12.5 Å². The first-order valence-corrected chi connectivity index (χ1v) is 4.33. The van der Waals surface area contributed by atoms with Gasteiger partial charge in [0, 0.05) is 0 Å². The number of fused-ring (bicyclic) bond motifs is 1. The summed E-state index contributed by atoms with van der Waals surface area (Å²) in [5.41, 5.74) is 1.09. The molecule has 5 heteroatoms. The summed E-state index contributed by atoms with van der Waals surface area (Å²) in [5, 5.41) is 3.98. The van der Waals surface area contributed by atoms with Gasteiger partial charge in [0.15, 0.2) is 0 Å². The van der Waals surface area contributed by atoms with Crippen LogP contribution in [-0.2, 0) is 9.57 Å². The van der Waals surface area contributed by atoms with Crippen LogP contribution in [0.25, 0.3) is 0 Å². The van der Waals surface area contributed by atoms with Crippen LogP contribution in [0.15, 0.2) is 5.16 Å². The van der Waals surface area contributed by atoms with Crippen molar-refractivity contribution in [3.05, 3.63) is 0 Å². The van der Waals surface area contributed by atoms with Gasteiger partial charge in [-0.05, 0) is 0 Å². The Kier molecular flexibility index (Phi) is 3.97. The fourth-order valence-corrected chi connectivity index (χ4v) is 0.975. The van der Waals surface area contributed by atoms with Crippen molar-refractivity contribution in [2.45, 2.75) is 0 Å². The summed E-state index contributed by atoms with van der Waals surface area (Å²) in [6.45, 7) is 2.22. The van der Waals surface area contributed by atoms with E-state index in [1.165, 1.54) is 0 Å². The summed E-state index contributed by atoms with van der Waals surface area (Å²) in [6, 6.07) is 0. The number of hydrogen-bond acceptors (Lipinski definition) is 3. The third-order valence-corrected chi connectivity index (χ3v) is 1.50. The van der Waals surface area contributed by atoms with Crippen LogP contribution in [-0.4, -0.2) is 30.9 Å². The Morgan fingerprint density at radius 2 is 2.18 bits per heavy atom. The Balaban J connectivity index is 0.000000179. The third kappa shape index (κ3) is 2.51. The second-order valence-electron chi connectivity index (χ2n) is 2.19. The van der Waals surface area contributed by atoms with Crippen LogP contribution >= 0.6 is 23.2 Å². The van der Waals surface area contributed by atoms with Crippen molar-refractivity contribution in [3.63, 3.8) is 0 Å². The van der Waals surface area contributed by atoms with Crippen LogP contribution in [0.1, 0.15) is 0 Å². The zero-order valence-corrected chi connectivity index (χ0v) is 7.44. The van der Waals surface area contributed by atoms with Crippen LogP contribution in [0, 0.1) is 5.92 Å². The first kappa shape index (κ1) is 9.10. The van der Waals surface area contributed by atoms with Gasteiger partial charge in [-0.3, -0.25) is 0 Å². The standard InChI is InChI=1S/C5H7NO2.CH2Cl2/c1-4-2-8-6-5(4)3-7-1;2-1-3/h4H,1-3H2;1H2. The van der Waals surface area contributed by atoms with Crippen molar-refractivity contribution in [1.29, 1.82) is 0 Å². The Morgan fingerprint density at radius 3 is 2.82 bits per heavy atom. The Labute approximate surface area is 75.2 Å². The summed E-state index contributed by atoms with van der Waals surface area (Å²) < 4.78 is 5.10. The lowest BCUT2D eigenvalue weighted by Crippen LogP contribution is -2.08. The van der Waals surface area contributed by atoms with Crippen molar-refractivity contribution in [2.75, 3.05) is 25.2 Å². The average Bonchev–Trinajstić information content (AvgIpc) is 2.44. The number of nitrogens with zero attached hydrogens (tertiary/aromatic N) is 1.